The number of nitro benzene ring substituents is 1. The van der Waals surface area contributed by atoms with Crippen LogP contribution in [0.25, 0.3) is 0 Å². The molecule has 2 rings (SSSR count). The van der Waals surface area contributed by atoms with Crippen molar-refractivity contribution in [3.05, 3.63) is 39.4 Å². The van der Waals surface area contributed by atoms with Crippen molar-refractivity contribution in [2.75, 3.05) is 0 Å². The van der Waals surface area contributed by atoms with E-state index in [2.05, 4.69) is 5.32 Å². The summed E-state index contributed by atoms with van der Waals surface area (Å²) in [4.78, 5) is 22.7. The zero-order chi connectivity index (χ0) is 17.2. The predicted molar refractivity (Wildman–Crippen MR) is 77.1 cm³/mol. The molecule has 8 heteroatoms. The van der Waals surface area contributed by atoms with E-state index in [-0.39, 0.29) is 43.0 Å². The summed E-state index contributed by atoms with van der Waals surface area (Å²) in [6.07, 6.45) is -3.84. The molecule has 1 amide bonds. The van der Waals surface area contributed by atoms with Gasteiger partial charge in [-0.1, -0.05) is 12.1 Å². The average molecular weight is 330 g/mol. The van der Waals surface area contributed by atoms with Crippen LogP contribution in [0, 0.1) is 23.0 Å². The fourth-order valence-electron chi connectivity index (χ4n) is 2.91. The van der Waals surface area contributed by atoms with Crippen molar-refractivity contribution in [1.82, 2.24) is 5.32 Å². The molecule has 0 aromatic heterocycles. The van der Waals surface area contributed by atoms with Gasteiger partial charge in [-0.2, -0.15) is 13.2 Å². The second kappa shape index (κ2) is 6.55. The normalized spacial score (nSPS) is 21.7. The van der Waals surface area contributed by atoms with Crippen molar-refractivity contribution in [3.8, 4) is 0 Å². The molecule has 1 aromatic rings. The summed E-state index contributed by atoms with van der Waals surface area (Å²) in [6.45, 7) is 1.53. The third kappa shape index (κ3) is 4.00. The maximum atomic E-state index is 12.6. The van der Waals surface area contributed by atoms with Gasteiger partial charge in [-0.3, -0.25) is 14.9 Å². The van der Waals surface area contributed by atoms with Gasteiger partial charge in [-0.05, 0) is 38.7 Å². The van der Waals surface area contributed by atoms with Gasteiger partial charge in [0.25, 0.3) is 11.6 Å². The topological polar surface area (TPSA) is 72.2 Å². The van der Waals surface area contributed by atoms with Crippen LogP contribution in [0.2, 0.25) is 0 Å². The van der Waals surface area contributed by atoms with Gasteiger partial charge in [0, 0.05) is 11.6 Å². The van der Waals surface area contributed by atoms with E-state index in [1.54, 1.807) is 0 Å². The number of nitrogens with one attached hydrogen (secondary N) is 1. The van der Waals surface area contributed by atoms with Crippen LogP contribution in [0.4, 0.5) is 18.9 Å². The van der Waals surface area contributed by atoms with Crippen molar-refractivity contribution in [3.63, 3.8) is 0 Å². The molecule has 1 fully saturated rings. The Morgan fingerprint density at radius 3 is 2.39 bits per heavy atom. The second-order valence-corrected chi connectivity index (χ2v) is 5.79. The molecule has 0 saturated heterocycles. The minimum atomic E-state index is -4.20. The lowest BCUT2D eigenvalue weighted by molar-refractivity contribution is -0.385. The Hall–Kier alpha value is -2.12. The third-order valence-electron chi connectivity index (χ3n) is 4.19. The zero-order valence-electron chi connectivity index (χ0n) is 12.5. The molecule has 0 radical (unpaired) electrons. The Morgan fingerprint density at radius 1 is 1.26 bits per heavy atom. The molecular weight excluding hydrogens is 313 g/mol. The van der Waals surface area contributed by atoms with E-state index in [4.69, 9.17) is 0 Å². The molecule has 0 aliphatic heterocycles. The Kier molecular flexibility index (Phi) is 4.91. The fraction of sp³-hybridized carbons (Fsp3) is 0.533. The number of carbonyl (C=O) groups is 1. The van der Waals surface area contributed by atoms with Crippen molar-refractivity contribution in [1.29, 1.82) is 0 Å². The Labute approximate surface area is 131 Å². The van der Waals surface area contributed by atoms with Gasteiger partial charge in [0.1, 0.15) is 5.56 Å². The van der Waals surface area contributed by atoms with Gasteiger partial charge in [0.05, 0.1) is 10.8 Å². The molecule has 0 bridgehead atoms. The molecule has 1 N–H and O–H groups in total. The molecule has 0 unspecified atom stereocenters. The molecule has 0 spiro atoms. The summed E-state index contributed by atoms with van der Waals surface area (Å²) in [5, 5.41) is 13.7. The monoisotopic (exact) mass is 330 g/mol. The largest absolute Gasteiger partial charge is 0.391 e. The number of hydrogen-bond acceptors (Lipinski definition) is 3. The van der Waals surface area contributed by atoms with Crippen molar-refractivity contribution in [2.24, 2.45) is 5.92 Å². The molecule has 126 valence electrons. The molecule has 1 aliphatic rings. The van der Waals surface area contributed by atoms with Gasteiger partial charge < -0.3 is 5.32 Å². The minimum Gasteiger partial charge on any atom is -0.349 e. The smallest absolute Gasteiger partial charge is 0.349 e. The number of hydrogen-bond donors (Lipinski definition) is 1. The highest BCUT2D eigenvalue weighted by molar-refractivity contribution is 5.98. The first-order chi connectivity index (χ1) is 10.7. The Balaban J connectivity index is 2.04. The molecule has 1 aromatic carbocycles. The lowest BCUT2D eigenvalue weighted by Crippen LogP contribution is -2.40. The number of nitro groups is 1. The zero-order valence-corrected chi connectivity index (χ0v) is 12.5. The van der Waals surface area contributed by atoms with E-state index in [1.165, 1.54) is 25.1 Å². The summed E-state index contributed by atoms with van der Waals surface area (Å²) in [7, 11) is 0. The highest BCUT2D eigenvalue weighted by Gasteiger charge is 2.41. The number of rotatable bonds is 3. The summed E-state index contributed by atoms with van der Waals surface area (Å²) >= 11 is 0. The quantitative estimate of drug-likeness (QED) is 0.677. The van der Waals surface area contributed by atoms with Crippen LogP contribution in [-0.4, -0.2) is 23.0 Å². The summed E-state index contributed by atoms with van der Waals surface area (Å²) in [6, 6.07) is 4.03. The number of benzene rings is 1. The van der Waals surface area contributed by atoms with Crippen LogP contribution >= 0.6 is 0 Å². The maximum Gasteiger partial charge on any atom is 0.391 e. The lowest BCUT2D eigenvalue weighted by Gasteiger charge is -2.30. The molecule has 5 nitrogen and oxygen atoms in total. The molecule has 23 heavy (non-hydrogen) atoms. The van der Waals surface area contributed by atoms with Gasteiger partial charge in [0.2, 0.25) is 0 Å². The van der Waals surface area contributed by atoms with E-state index in [1.807, 2.05) is 0 Å². The number of alkyl halides is 3. The standard InChI is InChI=1S/C15H17F3N2O3/c1-9-3-2-4-12(13(9)20(22)23)14(21)19-11-7-5-10(6-8-11)15(16,17)18/h2-4,10-11H,5-8H2,1H3,(H,19,21). The average Bonchev–Trinajstić information content (AvgIpc) is 2.46. The number of aryl methyl sites for hydroxylation is 1. The van der Waals surface area contributed by atoms with Crippen molar-refractivity contribution < 1.29 is 22.9 Å². The van der Waals surface area contributed by atoms with Gasteiger partial charge in [-0.25, -0.2) is 0 Å². The number of amides is 1. The maximum absolute atomic E-state index is 12.6. The van der Waals surface area contributed by atoms with Crippen LogP contribution in [0.1, 0.15) is 41.6 Å². The highest BCUT2D eigenvalue weighted by Crippen LogP contribution is 2.37. The third-order valence-corrected chi connectivity index (χ3v) is 4.19. The highest BCUT2D eigenvalue weighted by atomic mass is 19.4. The molecule has 0 heterocycles. The number of nitrogens with zero attached hydrogens (tertiary/aromatic N) is 1. The number of para-hydroxylation sites is 1. The van der Waals surface area contributed by atoms with Gasteiger partial charge in [-0.15, -0.1) is 0 Å². The van der Waals surface area contributed by atoms with Crippen LogP contribution in [0.3, 0.4) is 0 Å². The number of halogens is 3. The van der Waals surface area contributed by atoms with E-state index in [0.717, 1.165) is 0 Å². The Bertz CT molecular complexity index is 608. The van der Waals surface area contributed by atoms with Gasteiger partial charge >= 0.3 is 6.18 Å². The Morgan fingerprint density at radius 2 is 1.87 bits per heavy atom. The van der Waals surface area contributed by atoms with Crippen molar-refractivity contribution in [2.45, 2.75) is 44.8 Å². The van der Waals surface area contributed by atoms with Crippen LogP contribution in [0.5, 0.6) is 0 Å². The van der Waals surface area contributed by atoms with Crippen LogP contribution < -0.4 is 5.32 Å². The first kappa shape index (κ1) is 17.2. The van der Waals surface area contributed by atoms with Gasteiger partial charge in [0.15, 0.2) is 0 Å². The second-order valence-electron chi connectivity index (χ2n) is 5.79. The fourth-order valence-corrected chi connectivity index (χ4v) is 2.91. The van der Waals surface area contributed by atoms with Crippen LogP contribution in [-0.2, 0) is 0 Å². The molecule has 1 aliphatic carbocycles. The van der Waals surface area contributed by atoms with E-state index in [9.17, 15) is 28.1 Å². The van der Waals surface area contributed by atoms with Crippen LogP contribution in [0.15, 0.2) is 18.2 Å². The first-order valence-electron chi connectivity index (χ1n) is 7.31. The molecule has 1 saturated carbocycles. The van der Waals surface area contributed by atoms with E-state index >= 15 is 0 Å². The predicted octanol–water partition coefficient (Wildman–Crippen LogP) is 3.75. The summed E-state index contributed by atoms with van der Waals surface area (Å²) < 4.78 is 37.9. The first-order valence-corrected chi connectivity index (χ1v) is 7.31. The lowest BCUT2D eigenvalue weighted by atomic mass is 9.85. The van der Waals surface area contributed by atoms with E-state index in [0.29, 0.717) is 5.56 Å². The summed E-state index contributed by atoms with van der Waals surface area (Å²) in [5.74, 6) is -1.94. The number of carbonyl (C=O) groups excluding carboxylic acids is 1. The molecule has 0 atom stereocenters. The molecular formula is C15H17F3N2O3. The minimum absolute atomic E-state index is 0.0373. The van der Waals surface area contributed by atoms with Crippen molar-refractivity contribution >= 4 is 11.6 Å². The SMILES string of the molecule is Cc1cccc(C(=O)NC2CCC(C(F)(F)F)CC2)c1[N+](=O)[O-]. The summed E-state index contributed by atoms with van der Waals surface area (Å²) in [5.41, 5.74) is 0.0327. The van der Waals surface area contributed by atoms with E-state index < -0.39 is 22.9 Å².